The van der Waals surface area contributed by atoms with Crippen LogP contribution in [0.3, 0.4) is 0 Å². The van der Waals surface area contributed by atoms with Gasteiger partial charge in [0.1, 0.15) is 17.8 Å². The highest BCUT2D eigenvalue weighted by molar-refractivity contribution is 5.76. The van der Waals surface area contributed by atoms with E-state index in [2.05, 4.69) is 5.32 Å². The first-order chi connectivity index (χ1) is 7.98. The summed E-state index contributed by atoms with van der Waals surface area (Å²) in [4.78, 5) is 12.8. The van der Waals surface area contributed by atoms with Gasteiger partial charge in [-0.05, 0) is 13.0 Å². The van der Waals surface area contributed by atoms with Gasteiger partial charge >= 0.3 is 6.03 Å². The van der Waals surface area contributed by atoms with Crippen LogP contribution in [0.4, 0.5) is 4.79 Å². The molecule has 0 radical (unpaired) electrons. The molecule has 1 fully saturated rings. The van der Waals surface area contributed by atoms with E-state index in [-0.39, 0.29) is 0 Å². The minimum absolute atomic E-state index is 0.413. The van der Waals surface area contributed by atoms with Gasteiger partial charge in [0.05, 0.1) is 6.61 Å². The molecule has 0 aliphatic carbocycles. The van der Waals surface area contributed by atoms with Gasteiger partial charge in [-0.2, -0.15) is 0 Å². The maximum Gasteiger partial charge on any atom is 0.323 e. The third kappa shape index (κ3) is 1.91. The molecular weight excluding hydrogens is 228 g/mol. The van der Waals surface area contributed by atoms with Crippen molar-refractivity contribution < 1.29 is 24.9 Å². The Morgan fingerprint density at radius 2 is 2.41 bits per heavy atom. The molecule has 96 valence electrons. The van der Waals surface area contributed by atoms with E-state index in [1.54, 1.807) is 6.08 Å². The molecule has 2 rings (SSSR count). The first-order valence-corrected chi connectivity index (χ1v) is 5.38. The lowest BCUT2D eigenvalue weighted by atomic mass is 9.96. The molecule has 1 saturated heterocycles. The Labute approximate surface area is 98.3 Å². The number of aliphatic hydroxyl groups excluding tert-OH is 2. The maximum atomic E-state index is 11.6. The summed E-state index contributed by atoms with van der Waals surface area (Å²) in [7, 11) is 0. The second-order valence-corrected chi connectivity index (χ2v) is 4.36. The first kappa shape index (κ1) is 12.3. The van der Waals surface area contributed by atoms with E-state index >= 15 is 0 Å². The van der Waals surface area contributed by atoms with E-state index in [4.69, 9.17) is 9.84 Å². The topological polar surface area (TPSA) is 102 Å². The predicted octanol–water partition coefficient (Wildman–Crippen LogP) is -1.65. The van der Waals surface area contributed by atoms with E-state index < -0.39 is 36.7 Å². The van der Waals surface area contributed by atoms with Crippen LogP contribution in [-0.4, -0.2) is 63.4 Å². The van der Waals surface area contributed by atoms with Gasteiger partial charge in [-0.1, -0.05) is 0 Å². The number of amides is 2. The second-order valence-electron chi connectivity index (χ2n) is 4.36. The van der Waals surface area contributed by atoms with Gasteiger partial charge in [0.15, 0.2) is 6.23 Å². The van der Waals surface area contributed by atoms with Crippen molar-refractivity contribution in [2.45, 2.75) is 31.0 Å². The number of urea groups is 1. The van der Waals surface area contributed by atoms with Gasteiger partial charge in [-0.25, -0.2) is 4.79 Å². The molecule has 2 aliphatic heterocycles. The highest BCUT2D eigenvalue weighted by atomic mass is 16.6. The number of hydrogen-bond donors (Lipinski definition) is 4. The minimum atomic E-state index is -1.63. The van der Waals surface area contributed by atoms with E-state index in [0.29, 0.717) is 6.54 Å². The first-order valence-electron chi connectivity index (χ1n) is 5.38. The number of aliphatic hydroxyl groups is 3. The molecule has 2 heterocycles. The fraction of sp³-hybridized carbons (Fsp3) is 0.700. The molecule has 0 bridgehead atoms. The molecule has 0 aromatic heterocycles. The summed E-state index contributed by atoms with van der Waals surface area (Å²) in [5, 5.41) is 31.5. The van der Waals surface area contributed by atoms with Crippen LogP contribution in [-0.2, 0) is 4.74 Å². The number of hydrogen-bond acceptors (Lipinski definition) is 5. The average Bonchev–Trinajstić information content (AvgIpc) is 2.52. The molecule has 4 atom stereocenters. The molecule has 2 amide bonds. The molecule has 2 aliphatic rings. The van der Waals surface area contributed by atoms with Crippen molar-refractivity contribution in [3.63, 3.8) is 0 Å². The Hall–Kier alpha value is -1.15. The SMILES string of the molecule is C[C@@]1(O)[C@H](O)[C@@H](CO)O[C@H]1N1C=CCNC1=O. The molecule has 17 heavy (non-hydrogen) atoms. The standard InChI is InChI=1S/C10H16N2O5/c1-10(16)7(14)6(5-13)17-8(10)12-4-2-3-11-9(12)15/h2,4,6-8,13-14,16H,3,5H2,1H3,(H,11,15)/t6-,7-,8-,10-/m1/s1. The van der Waals surface area contributed by atoms with Gasteiger partial charge in [-0.3, -0.25) is 4.90 Å². The van der Waals surface area contributed by atoms with Crippen LogP contribution in [0.5, 0.6) is 0 Å². The smallest absolute Gasteiger partial charge is 0.323 e. The number of nitrogens with zero attached hydrogens (tertiary/aromatic N) is 1. The summed E-state index contributed by atoms with van der Waals surface area (Å²) in [6.07, 6.45) is 0.00849. The van der Waals surface area contributed by atoms with Gasteiger partial charge in [0.25, 0.3) is 0 Å². The maximum absolute atomic E-state index is 11.6. The quantitative estimate of drug-likeness (QED) is 0.466. The molecule has 4 N–H and O–H groups in total. The van der Waals surface area contributed by atoms with Crippen molar-refractivity contribution in [2.75, 3.05) is 13.2 Å². The molecule has 7 nitrogen and oxygen atoms in total. The van der Waals surface area contributed by atoms with Gasteiger partial charge in [0.2, 0.25) is 0 Å². The summed E-state index contributed by atoms with van der Waals surface area (Å²) in [6.45, 7) is 1.36. The number of ether oxygens (including phenoxy) is 1. The third-order valence-electron chi connectivity index (χ3n) is 3.06. The summed E-state index contributed by atoms with van der Waals surface area (Å²) < 4.78 is 5.31. The summed E-state index contributed by atoms with van der Waals surface area (Å²) in [5.74, 6) is 0. The van der Waals surface area contributed by atoms with Crippen LogP contribution in [0.25, 0.3) is 0 Å². The Morgan fingerprint density at radius 1 is 1.71 bits per heavy atom. The largest absolute Gasteiger partial charge is 0.394 e. The fourth-order valence-electron chi connectivity index (χ4n) is 2.05. The predicted molar refractivity (Wildman–Crippen MR) is 56.8 cm³/mol. The van der Waals surface area contributed by atoms with Crippen molar-refractivity contribution >= 4 is 6.03 Å². The summed E-state index contributed by atoms with van der Waals surface area (Å²) >= 11 is 0. The van der Waals surface area contributed by atoms with E-state index in [0.717, 1.165) is 0 Å². The number of carbonyl (C=O) groups is 1. The highest BCUT2D eigenvalue weighted by Gasteiger charge is 2.55. The fourth-order valence-corrected chi connectivity index (χ4v) is 2.05. The average molecular weight is 244 g/mol. The number of rotatable bonds is 2. The zero-order chi connectivity index (χ0) is 12.6. The van der Waals surface area contributed by atoms with Crippen LogP contribution < -0.4 is 5.32 Å². The van der Waals surface area contributed by atoms with Crippen molar-refractivity contribution in [3.05, 3.63) is 12.3 Å². The van der Waals surface area contributed by atoms with Crippen LogP contribution in [0.1, 0.15) is 6.92 Å². The van der Waals surface area contributed by atoms with Gasteiger partial charge in [-0.15, -0.1) is 0 Å². The van der Waals surface area contributed by atoms with E-state index in [1.165, 1.54) is 18.0 Å². The lowest BCUT2D eigenvalue weighted by Gasteiger charge is -2.34. The Kier molecular flexibility index (Phi) is 3.09. The highest BCUT2D eigenvalue weighted by Crippen LogP contribution is 2.33. The third-order valence-corrected chi connectivity index (χ3v) is 3.06. The lowest BCUT2D eigenvalue weighted by molar-refractivity contribution is -0.106. The molecular formula is C10H16N2O5. The van der Waals surface area contributed by atoms with Gasteiger partial charge in [0, 0.05) is 12.7 Å². The molecule has 0 unspecified atom stereocenters. The molecule has 0 spiro atoms. The molecule has 0 saturated carbocycles. The van der Waals surface area contributed by atoms with Crippen molar-refractivity contribution in [1.82, 2.24) is 10.2 Å². The van der Waals surface area contributed by atoms with Crippen molar-refractivity contribution in [2.24, 2.45) is 0 Å². The minimum Gasteiger partial charge on any atom is -0.394 e. The molecule has 7 heteroatoms. The van der Waals surface area contributed by atoms with E-state index in [1.807, 2.05) is 0 Å². The second kappa shape index (κ2) is 4.26. The number of nitrogens with one attached hydrogen (secondary N) is 1. The van der Waals surface area contributed by atoms with Crippen LogP contribution in [0, 0.1) is 0 Å². The van der Waals surface area contributed by atoms with Crippen LogP contribution >= 0.6 is 0 Å². The summed E-state index contributed by atoms with van der Waals surface area (Å²) in [5.41, 5.74) is -1.63. The zero-order valence-corrected chi connectivity index (χ0v) is 9.41. The Morgan fingerprint density at radius 3 is 2.94 bits per heavy atom. The monoisotopic (exact) mass is 244 g/mol. The molecule has 0 aromatic carbocycles. The Bertz CT molecular complexity index is 344. The zero-order valence-electron chi connectivity index (χ0n) is 9.41. The normalized spacial score (nSPS) is 41.8. The van der Waals surface area contributed by atoms with Gasteiger partial charge < -0.3 is 25.4 Å². The summed E-state index contributed by atoms with van der Waals surface area (Å²) in [6, 6.07) is -0.413. The van der Waals surface area contributed by atoms with Crippen molar-refractivity contribution in [3.8, 4) is 0 Å². The lowest BCUT2D eigenvalue weighted by Crippen LogP contribution is -2.56. The van der Waals surface area contributed by atoms with Crippen LogP contribution in [0.15, 0.2) is 12.3 Å². The Balaban J connectivity index is 2.23. The van der Waals surface area contributed by atoms with Crippen LogP contribution in [0.2, 0.25) is 0 Å². The number of carbonyl (C=O) groups excluding carboxylic acids is 1. The molecule has 0 aromatic rings. The van der Waals surface area contributed by atoms with Crippen molar-refractivity contribution in [1.29, 1.82) is 0 Å². The van der Waals surface area contributed by atoms with E-state index in [9.17, 15) is 15.0 Å².